The van der Waals surface area contributed by atoms with Crippen LogP contribution in [0.15, 0.2) is 33.9 Å². The van der Waals surface area contributed by atoms with Gasteiger partial charge in [-0.1, -0.05) is 0 Å². The van der Waals surface area contributed by atoms with Gasteiger partial charge in [0, 0.05) is 45.0 Å². The number of carbonyl (C=O) groups is 1. The van der Waals surface area contributed by atoms with Crippen LogP contribution in [-0.2, 0) is 9.53 Å². The average molecular weight is 428 g/mol. The molecule has 0 radical (unpaired) electrons. The van der Waals surface area contributed by atoms with Crippen molar-refractivity contribution < 1.29 is 14.3 Å². The monoisotopic (exact) mass is 427 g/mol. The Labute approximate surface area is 181 Å². The summed E-state index contributed by atoms with van der Waals surface area (Å²) in [5.41, 5.74) is 1.27. The molecule has 2 aromatic rings. The highest BCUT2D eigenvalue weighted by Crippen LogP contribution is 2.30. The minimum Gasteiger partial charge on any atom is -0.497 e. The van der Waals surface area contributed by atoms with Gasteiger partial charge < -0.3 is 24.2 Å². The van der Waals surface area contributed by atoms with Crippen molar-refractivity contribution in [1.82, 2.24) is 0 Å². The Hall–Kier alpha value is -3.03. The van der Waals surface area contributed by atoms with Crippen molar-refractivity contribution in [2.45, 2.75) is 19.8 Å². The van der Waals surface area contributed by atoms with E-state index in [2.05, 4.69) is 4.90 Å². The molecule has 0 aliphatic carbocycles. The van der Waals surface area contributed by atoms with E-state index in [4.69, 9.17) is 9.47 Å². The minimum atomic E-state index is -0.433. The van der Waals surface area contributed by atoms with Crippen LogP contribution in [0.25, 0.3) is 0 Å². The highest BCUT2D eigenvalue weighted by atomic mass is 16.5. The smallest absolute Gasteiger partial charge is 0.310 e. The maximum atomic E-state index is 12.5. The largest absolute Gasteiger partial charge is 0.497 e. The van der Waals surface area contributed by atoms with Gasteiger partial charge in [-0.15, -0.1) is 0 Å². The Balaban J connectivity index is 1.44. The number of benzene rings is 1. The predicted octanol–water partition coefficient (Wildman–Crippen LogP) is 1.40. The van der Waals surface area contributed by atoms with Crippen molar-refractivity contribution >= 4 is 23.0 Å². The van der Waals surface area contributed by atoms with E-state index >= 15 is 0 Å². The van der Waals surface area contributed by atoms with Crippen molar-refractivity contribution in [3.8, 4) is 5.75 Å². The zero-order valence-electron chi connectivity index (χ0n) is 18.1. The lowest BCUT2D eigenvalue weighted by molar-refractivity contribution is -0.148. The fourth-order valence-electron chi connectivity index (χ4n) is 4.57. The molecule has 0 aromatic heterocycles. The van der Waals surface area contributed by atoms with Crippen LogP contribution in [0.2, 0.25) is 0 Å². The summed E-state index contributed by atoms with van der Waals surface area (Å²) in [6.07, 6.45) is 1.55. The van der Waals surface area contributed by atoms with Crippen LogP contribution in [0, 0.1) is 5.92 Å². The van der Waals surface area contributed by atoms with Crippen LogP contribution in [0.4, 0.5) is 17.1 Å². The number of esters is 1. The topological polar surface area (TPSA) is 79.4 Å². The fourth-order valence-corrected chi connectivity index (χ4v) is 4.57. The Morgan fingerprint density at radius 1 is 0.935 bits per heavy atom. The van der Waals surface area contributed by atoms with Crippen LogP contribution in [-0.4, -0.2) is 59.0 Å². The molecule has 0 N–H and O–H groups in total. The van der Waals surface area contributed by atoms with Crippen molar-refractivity contribution in [2.24, 2.45) is 5.92 Å². The van der Waals surface area contributed by atoms with E-state index in [1.807, 2.05) is 34.1 Å². The van der Waals surface area contributed by atoms with Crippen molar-refractivity contribution in [1.29, 1.82) is 0 Å². The van der Waals surface area contributed by atoms with Gasteiger partial charge in [0.15, 0.2) is 0 Å². The first-order valence-electron chi connectivity index (χ1n) is 10.9. The summed E-state index contributed by atoms with van der Waals surface area (Å²) in [7, 11) is 1.65. The zero-order valence-corrected chi connectivity index (χ0v) is 18.1. The lowest BCUT2D eigenvalue weighted by Crippen LogP contribution is -2.54. The summed E-state index contributed by atoms with van der Waals surface area (Å²) < 4.78 is 10.4. The molecule has 8 heteroatoms. The van der Waals surface area contributed by atoms with Crippen LogP contribution < -0.4 is 30.3 Å². The molecule has 0 amide bonds. The zero-order chi connectivity index (χ0) is 22.0. The number of rotatable bonds is 6. The van der Waals surface area contributed by atoms with Gasteiger partial charge in [0.25, 0.3) is 10.9 Å². The van der Waals surface area contributed by atoms with Gasteiger partial charge in [-0.2, -0.15) is 0 Å². The fraction of sp³-hybridized carbons (Fsp3) is 0.522. The molecular weight excluding hydrogens is 398 g/mol. The van der Waals surface area contributed by atoms with Crippen LogP contribution >= 0.6 is 0 Å². The number of ether oxygens (including phenoxy) is 2. The minimum absolute atomic E-state index is 0.222. The second-order valence-corrected chi connectivity index (χ2v) is 8.06. The van der Waals surface area contributed by atoms with Crippen LogP contribution in [0.5, 0.6) is 5.75 Å². The first-order valence-corrected chi connectivity index (χ1v) is 10.9. The highest BCUT2D eigenvalue weighted by Gasteiger charge is 2.35. The molecule has 2 heterocycles. The number of hydrogen-bond acceptors (Lipinski definition) is 8. The van der Waals surface area contributed by atoms with Crippen LogP contribution in [0.1, 0.15) is 19.8 Å². The summed E-state index contributed by atoms with van der Waals surface area (Å²) in [5, 5.41) is 0. The summed E-state index contributed by atoms with van der Waals surface area (Å²) in [5.74, 6) is 0.344. The molecule has 4 rings (SSSR count). The lowest BCUT2D eigenvalue weighted by Gasteiger charge is -2.41. The van der Waals surface area contributed by atoms with E-state index < -0.39 is 10.9 Å². The number of methoxy groups -OCH3 is 1. The van der Waals surface area contributed by atoms with E-state index in [0.29, 0.717) is 44.2 Å². The normalized spacial score (nSPS) is 19.5. The average Bonchev–Trinajstić information content (AvgIpc) is 2.82. The summed E-state index contributed by atoms with van der Waals surface area (Å²) in [6.45, 7) is 6.10. The molecule has 31 heavy (non-hydrogen) atoms. The third kappa shape index (κ3) is 4.11. The number of anilines is 3. The Morgan fingerprint density at radius 2 is 1.55 bits per heavy atom. The van der Waals surface area contributed by atoms with Gasteiger partial charge in [0.2, 0.25) is 0 Å². The third-order valence-electron chi connectivity index (χ3n) is 6.25. The van der Waals surface area contributed by atoms with Gasteiger partial charge in [-0.3, -0.25) is 14.4 Å². The van der Waals surface area contributed by atoms with Gasteiger partial charge in [0.05, 0.1) is 19.6 Å². The van der Waals surface area contributed by atoms with Gasteiger partial charge >= 0.3 is 5.97 Å². The molecule has 2 aliphatic rings. The molecule has 166 valence electrons. The van der Waals surface area contributed by atoms with E-state index in [1.165, 1.54) is 0 Å². The Morgan fingerprint density at radius 3 is 2.16 bits per heavy atom. The molecule has 8 nitrogen and oxygen atoms in total. The van der Waals surface area contributed by atoms with E-state index in [9.17, 15) is 14.4 Å². The summed E-state index contributed by atoms with van der Waals surface area (Å²) in [6, 6.07) is 7.93. The molecule has 2 saturated heterocycles. The van der Waals surface area contributed by atoms with E-state index in [0.717, 1.165) is 37.4 Å². The molecule has 2 fully saturated rings. The first kappa shape index (κ1) is 21.2. The maximum absolute atomic E-state index is 12.5. The number of piperazine rings is 1. The van der Waals surface area contributed by atoms with Gasteiger partial charge in [0.1, 0.15) is 17.1 Å². The third-order valence-corrected chi connectivity index (χ3v) is 6.25. The summed E-state index contributed by atoms with van der Waals surface area (Å²) in [4.78, 5) is 43.3. The molecule has 0 unspecified atom stereocenters. The molecule has 2 aromatic carbocycles. The molecule has 0 spiro atoms. The number of nitrogens with zero attached hydrogens (tertiary/aromatic N) is 3. The lowest BCUT2D eigenvalue weighted by atomic mass is 9.96. The predicted molar refractivity (Wildman–Crippen MR) is 120 cm³/mol. The van der Waals surface area contributed by atoms with Gasteiger partial charge in [-0.25, -0.2) is 0 Å². The molecule has 2 aliphatic heterocycles. The molecule has 1 atom stereocenters. The second-order valence-electron chi connectivity index (χ2n) is 8.06. The van der Waals surface area contributed by atoms with Crippen LogP contribution in [0.3, 0.4) is 0 Å². The van der Waals surface area contributed by atoms with Crippen molar-refractivity contribution in [2.75, 3.05) is 67.7 Å². The van der Waals surface area contributed by atoms with E-state index in [-0.39, 0.29) is 11.9 Å². The quantitative estimate of drug-likeness (QED) is 0.506. The first-order chi connectivity index (χ1) is 15.0. The standard InChI is InChI=1S/C23H29N3O5/c1-3-31-23(29)16-5-4-10-26(15-16)20-19(21(27)22(20)28)25-13-11-24(12-14-25)17-6-8-18(30-2)9-7-17/h6-9,16H,3-5,10-15H2,1-2H3/t16-/m1/s1. The van der Waals surface area contributed by atoms with Crippen molar-refractivity contribution in [3.63, 3.8) is 0 Å². The molecular formula is C23H29N3O5. The SMILES string of the molecule is CCOC(=O)[C@@H]1CCCN(c2c(N3CCN(c4ccc(OC)cc4)CC3)c(=O)c2=O)C1. The van der Waals surface area contributed by atoms with Gasteiger partial charge in [-0.05, 0) is 44.0 Å². The highest BCUT2D eigenvalue weighted by molar-refractivity contribution is 5.79. The Kier molecular flexibility index (Phi) is 6.15. The number of piperidine rings is 1. The summed E-state index contributed by atoms with van der Waals surface area (Å²) >= 11 is 0. The van der Waals surface area contributed by atoms with E-state index in [1.54, 1.807) is 14.0 Å². The molecule has 0 saturated carbocycles. The Bertz CT molecular complexity index is 988. The second kappa shape index (κ2) is 8.99. The van der Waals surface area contributed by atoms with Crippen molar-refractivity contribution in [3.05, 3.63) is 44.7 Å². The maximum Gasteiger partial charge on any atom is 0.310 e. The number of carbonyl (C=O) groups excluding carboxylic acids is 1. The number of hydrogen-bond donors (Lipinski definition) is 0. The molecule has 0 bridgehead atoms.